The van der Waals surface area contributed by atoms with Crippen molar-refractivity contribution in [1.82, 2.24) is 15.5 Å². The van der Waals surface area contributed by atoms with Gasteiger partial charge in [0, 0.05) is 38.8 Å². The van der Waals surface area contributed by atoms with E-state index in [9.17, 15) is 5.11 Å². The predicted molar refractivity (Wildman–Crippen MR) is 107 cm³/mol. The van der Waals surface area contributed by atoms with E-state index in [1.807, 2.05) is 12.1 Å². The van der Waals surface area contributed by atoms with Gasteiger partial charge in [0.25, 0.3) is 0 Å². The molecule has 0 atom stereocenters. The molecule has 0 aromatic heterocycles. The Kier molecular flexibility index (Phi) is 8.54. The lowest BCUT2D eigenvalue weighted by molar-refractivity contribution is 0.203. The van der Waals surface area contributed by atoms with E-state index in [0.29, 0.717) is 11.8 Å². The molecule has 1 aromatic carbocycles. The maximum atomic E-state index is 10.0. The highest BCUT2D eigenvalue weighted by molar-refractivity contribution is 5.80. The monoisotopic (exact) mass is 362 g/mol. The van der Waals surface area contributed by atoms with E-state index in [1.165, 1.54) is 19.4 Å². The fourth-order valence-corrected chi connectivity index (χ4v) is 3.27. The second-order valence-electron chi connectivity index (χ2n) is 6.86. The number of piperidine rings is 1. The molecular weight excluding hydrogens is 328 g/mol. The summed E-state index contributed by atoms with van der Waals surface area (Å²) in [4.78, 5) is 6.89. The Morgan fingerprint density at radius 2 is 2.12 bits per heavy atom. The van der Waals surface area contributed by atoms with Crippen LogP contribution in [-0.2, 0) is 6.42 Å². The molecule has 1 aliphatic rings. The zero-order valence-corrected chi connectivity index (χ0v) is 16.4. The number of rotatable bonds is 8. The number of phenolic OH excluding ortho intramolecular Hbond substituents is 1. The molecule has 3 N–H and O–H groups in total. The van der Waals surface area contributed by atoms with Crippen molar-refractivity contribution in [2.75, 3.05) is 40.3 Å². The van der Waals surface area contributed by atoms with Crippen LogP contribution in [0.4, 0.5) is 0 Å². The number of aromatic hydroxyl groups is 1. The molecule has 0 saturated carbocycles. The Balaban J connectivity index is 1.71. The summed E-state index contributed by atoms with van der Waals surface area (Å²) < 4.78 is 5.12. The van der Waals surface area contributed by atoms with E-state index < -0.39 is 0 Å². The number of nitrogens with zero attached hydrogens (tertiary/aromatic N) is 2. The molecule has 0 bridgehead atoms. The van der Waals surface area contributed by atoms with Crippen LogP contribution in [0.3, 0.4) is 0 Å². The highest BCUT2D eigenvalue weighted by Gasteiger charge is 2.19. The fraction of sp³-hybridized carbons (Fsp3) is 0.650. The van der Waals surface area contributed by atoms with Gasteiger partial charge in [-0.25, -0.2) is 0 Å². The van der Waals surface area contributed by atoms with Gasteiger partial charge < -0.3 is 25.4 Å². The number of phenols is 1. The lowest BCUT2D eigenvalue weighted by atomic mass is 10.0. The number of benzene rings is 1. The van der Waals surface area contributed by atoms with Crippen LogP contribution in [0.15, 0.2) is 23.2 Å². The summed E-state index contributed by atoms with van der Waals surface area (Å²) in [5.41, 5.74) is 0.901. The van der Waals surface area contributed by atoms with E-state index >= 15 is 0 Å². The number of ether oxygens (including phenoxy) is 1. The van der Waals surface area contributed by atoms with Crippen LogP contribution in [0.2, 0.25) is 0 Å². The lowest BCUT2D eigenvalue weighted by Crippen LogP contribution is -2.49. The first-order chi connectivity index (χ1) is 12.7. The van der Waals surface area contributed by atoms with E-state index in [2.05, 4.69) is 27.4 Å². The minimum Gasteiger partial charge on any atom is -0.508 e. The average Bonchev–Trinajstić information content (AvgIpc) is 2.67. The topological polar surface area (TPSA) is 69.1 Å². The van der Waals surface area contributed by atoms with Crippen molar-refractivity contribution in [1.29, 1.82) is 0 Å². The molecule has 1 heterocycles. The van der Waals surface area contributed by atoms with E-state index in [1.54, 1.807) is 20.2 Å². The van der Waals surface area contributed by atoms with E-state index in [-0.39, 0.29) is 5.75 Å². The van der Waals surface area contributed by atoms with Gasteiger partial charge in [-0.2, -0.15) is 0 Å². The summed E-state index contributed by atoms with van der Waals surface area (Å²) in [6.07, 6.45) is 5.59. The van der Waals surface area contributed by atoms with Gasteiger partial charge in [0.2, 0.25) is 0 Å². The molecule has 6 nitrogen and oxygen atoms in total. The minimum atomic E-state index is 0.272. The van der Waals surface area contributed by atoms with Gasteiger partial charge >= 0.3 is 0 Å². The predicted octanol–water partition coefficient (Wildman–Crippen LogP) is 2.37. The van der Waals surface area contributed by atoms with Gasteiger partial charge in [-0.1, -0.05) is 19.4 Å². The van der Waals surface area contributed by atoms with Crippen LogP contribution in [-0.4, -0.2) is 62.3 Å². The minimum absolute atomic E-state index is 0.272. The molecule has 0 spiro atoms. The second kappa shape index (κ2) is 10.9. The van der Waals surface area contributed by atoms with Crippen molar-refractivity contribution < 1.29 is 9.84 Å². The standard InChI is InChI=1S/C20H34N4O2/c1-4-5-12-24-13-9-17(10-14-24)23-20(21-2)22-11-8-16-6-7-18(26-3)15-19(16)25/h6-7,15,17,25H,4-5,8-14H2,1-3H3,(H2,21,22,23). The molecule has 0 unspecified atom stereocenters. The Hall–Kier alpha value is -1.95. The quantitative estimate of drug-likeness (QED) is 0.489. The molecule has 1 aromatic rings. The normalized spacial score (nSPS) is 16.5. The molecule has 0 aliphatic carbocycles. The maximum absolute atomic E-state index is 10.0. The van der Waals surface area contributed by atoms with Crippen molar-refractivity contribution >= 4 is 5.96 Å². The number of aliphatic imine (C=N–C) groups is 1. The van der Waals surface area contributed by atoms with Gasteiger partial charge in [0.15, 0.2) is 5.96 Å². The molecule has 0 radical (unpaired) electrons. The third-order valence-electron chi connectivity index (χ3n) is 4.96. The SMILES string of the molecule is CCCCN1CCC(NC(=NC)NCCc2ccc(OC)cc2O)CC1. The third kappa shape index (κ3) is 6.41. The number of nitrogens with one attached hydrogen (secondary N) is 2. The van der Waals surface area contributed by atoms with Gasteiger partial charge in [0.1, 0.15) is 11.5 Å². The van der Waals surface area contributed by atoms with Gasteiger partial charge in [-0.05, 0) is 43.9 Å². The summed E-state index contributed by atoms with van der Waals surface area (Å²) in [5, 5.41) is 16.9. The lowest BCUT2D eigenvalue weighted by Gasteiger charge is -2.33. The second-order valence-corrected chi connectivity index (χ2v) is 6.86. The summed E-state index contributed by atoms with van der Waals surface area (Å²) in [7, 11) is 3.40. The maximum Gasteiger partial charge on any atom is 0.191 e. The van der Waals surface area contributed by atoms with Crippen molar-refractivity contribution in [3.05, 3.63) is 23.8 Å². The number of guanidine groups is 1. The Morgan fingerprint density at radius 3 is 2.73 bits per heavy atom. The summed E-state index contributed by atoms with van der Waals surface area (Å²) in [6.45, 7) is 6.51. The molecule has 146 valence electrons. The van der Waals surface area contributed by atoms with Crippen molar-refractivity contribution in [2.45, 2.75) is 45.1 Å². The smallest absolute Gasteiger partial charge is 0.191 e. The molecule has 1 aliphatic heterocycles. The van der Waals surface area contributed by atoms with Gasteiger partial charge in [0.05, 0.1) is 7.11 Å². The molecular formula is C20H34N4O2. The first-order valence-electron chi connectivity index (χ1n) is 9.71. The highest BCUT2D eigenvalue weighted by atomic mass is 16.5. The number of hydrogen-bond donors (Lipinski definition) is 3. The third-order valence-corrected chi connectivity index (χ3v) is 4.96. The van der Waals surface area contributed by atoms with Crippen molar-refractivity contribution in [3.8, 4) is 11.5 Å². The molecule has 1 saturated heterocycles. The number of methoxy groups -OCH3 is 1. The average molecular weight is 363 g/mol. The molecule has 1 fully saturated rings. The summed E-state index contributed by atoms with van der Waals surface area (Å²) in [6, 6.07) is 5.90. The zero-order valence-electron chi connectivity index (χ0n) is 16.4. The number of likely N-dealkylation sites (tertiary alicyclic amines) is 1. The molecule has 2 rings (SSSR count). The fourth-order valence-electron chi connectivity index (χ4n) is 3.27. The Morgan fingerprint density at radius 1 is 1.35 bits per heavy atom. The van der Waals surface area contributed by atoms with Gasteiger partial charge in [-0.15, -0.1) is 0 Å². The number of hydrogen-bond acceptors (Lipinski definition) is 4. The Labute approximate surface area is 157 Å². The van der Waals surface area contributed by atoms with Crippen LogP contribution in [0.1, 0.15) is 38.2 Å². The number of unbranched alkanes of at least 4 members (excludes halogenated alkanes) is 1. The van der Waals surface area contributed by atoms with Crippen LogP contribution in [0.25, 0.3) is 0 Å². The van der Waals surface area contributed by atoms with Crippen LogP contribution >= 0.6 is 0 Å². The largest absolute Gasteiger partial charge is 0.508 e. The molecule has 26 heavy (non-hydrogen) atoms. The van der Waals surface area contributed by atoms with Crippen molar-refractivity contribution in [2.24, 2.45) is 4.99 Å². The van der Waals surface area contributed by atoms with Crippen LogP contribution < -0.4 is 15.4 Å². The first-order valence-corrected chi connectivity index (χ1v) is 9.71. The first kappa shape index (κ1) is 20.4. The summed E-state index contributed by atoms with van der Waals surface area (Å²) >= 11 is 0. The molecule has 0 amide bonds. The zero-order chi connectivity index (χ0) is 18.8. The Bertz CT molecular complexity index is 569. The molecule has 6 heteroatoms. The van der Waals surface area contributed by atoms with E-state index in [0.717, 1.165) is 50.4 Å². The van der Waals surface area contributed by atoms with Crippen molar-refractivity contribution in [3.63, 3.8) is 0 Å². The van der Waals surface area contributed by atoms with E-state index in [4.69, 9.17) is 4.74 Å². The van der Waals surface area contributed by atoms with Crippen LogP contribution in [0.5, 0.6) is 11.5 Å². The summed E-state index contributed by atoms with van der Waals surface area (Å²) in [5.74, 6) is 1.78. The van der Waals surface area contributed by atoms with Gasteiger partial charge in [-0.3, -0.25) is 4.99 Å². The van der Waals surface area contributed by atoms with Crippen LogP contribution in [0, 0.1) is 0 Å². The highest BCUT2D eigenvalue weighted by Crippen LogP contribution is 2.23.